The molecule has 0 saturated carbocycles. The second kappa shape index (κ2) is 6.07. The first-order chi connectivity index (χ1) is 9.69. The zero-order valence-corrected chi connectivity index (χ0v) is 14.1. The van der Waals surface area contributed by atoms with Gasteiger partial charge in [-0.15, -0.1) is 0 Å². The molecule has 0 spiro atoms. The van der Waals surface area contributed by atoms with E-state index in [1.165, 1.54) is 47.8 Å². The summed E-state index contributed by atoms with van der Waals surface area (Å²) in [5.74, 6) is 0. The number of benzene rings is 1. The van der Waals surface area contributed by atoms with Crippen molar-refractivity contribution in [3.8, 4) is 0 Å². The number of nitrogens with one attached hydrogen (secondary N) is 1. The summed E-state index contributed by atoms with van der Waals surface area (Å²) in [7, 11) is 0. The molecule has 2 atom stereocenters. The molecule has 3 rings (SSSR count). The number of nitrogens with zero attached hydrogens (tertiary/aromatic N) is 1. The highest BCUT2D eigenvalue weighted by atomic mass is 79.9. The summed E-state index contributed by atoms with van der Waals surface area (Å²) in [6.45, 7) is 5.56. The second-order valence-corrected chi connectivity index (χ2v) is 7.22. The summed E-state index contributed by atoms with van der Waals surface area (Å²) >= 11 is 3.58. The third-order valence-corrected chi connectivity index (χ3v) is 5.40. The minimum absolute atomic E-state index is 0.724. The fourth-order valence-corrected chi connectivity index (χ4v) is 4.61. The highest BCUT2D eigenvalue weighted by Gasteiger charge is 2.38. The van der Waals surface area contributed by atoms with Crippen LogP contribution < -0.4 is 10.2 Å². The first kappa shape index (κ1) is 14.4. The van der Waals surface area contributed by atoms with E-state index in [1.54, 1.807) is 0 Å². The molecule has 3 heteroatoms. The summed E-state index contributed by atoms with van der Waals surface area (Å²) in [5, 5.41) is 3.67. The molecule has 2 fully saturated rings. The van der Waals surface area contributed by atoms with E-state index in [4.69, 9.17) is 0 Å². The summed E-state index contributed by atoms with van der Waals surface area (Å²) in [4.78, 5) is 2.74. The third-order valence-electron chi connectivity index (χ3n) is 4.90. The molecule has 2 bridgehead atoms. The largest absolute Gasteiger partial charge is 0.365 e. The zero-order valence-electron chi connectivity index (χ0n) is 12.5. The number of rotatable bonds is 3. The van der Waals surface area contributed by atoms with Gasteiger partial charge in [0.15, 0.2) is 0 Å². The van der Waals surface area contributed by atoms with Gasteiger partial charge in [0.05, 0.1) is 0 Å². The maximum absolute atomic E-state index is 3.67. The van der Waals surface area contributed by atoms with E-state index >= 15 is 0 Å². The van der Waals surface area contributed by atoms with Crippen LogP contribution in [0.15, 0.2) is 22.7 Å². The monoisotopic (exact) mass is 336 g/mol. The molecule has 0 radical (unpaired) electrons. The quantitative estimate of drug-likeness (QED) is 0.887. The standard InChI is InChI=1S/C17H25BrN2/c1-3-19-14-10-15-5-4-6-16(11-14)20(15)17-8-7-13(18)9-12(17)2/h7-9,14-16,19H,3-6,10-11H2,1-2H3. The van der Waals surface area contributed by atoms with Crippen LogP contribution in [-0.2, 0) is 0 Å². The fraction of sp³-hybridized carbons (Fsp3) is 0.647. The molecule has 0 aromatic heterocycles. The van der Waals surface area contributed by atoms with Crippen LogP contribution in [0, 0.1) is 6.92 Å². The lowest BCUT2D eigenvalue weighted by Gasteiger charge is -2.51. The summed E-state index contributed by atoms with van der Waals surface area (Å²) in [6, 6.07) is 8.92. The third kappa shape index (κ3) is 2.75. The first-order valence-electron chi connectivity index (χ1n) is 7.97. The van der Waals surface area contributed by atoms with Crippen LogP contribution in [0.25, 0.3) is 0 Å². The molecule has 2 saturated heterocycles. The average Bonchev–Trinajstić information content (AvgIpc) is 2.39. The zero-order chi connectivity index (χ0) is 14.1. The van der Waals surface area contributed by atoms with E-state index in [-0.39, 0.29) is 0 Å². The van der Waals surface area contributed by atoms with E-state index in [2.05, 4.69) is 58.2 Å². The van der Waals surface area contributed by atoms with Gasteiger partial charge < -0.3 is 10.2 Å². The maximum Gasteiger partial charge on any atom is 0.0401 e. The highest BCUT2D eigenvalue weighted by molar-refractivity contribution is 9.10. The molecule has 2 nitrogen and oxygen atoms in total. The molecule has 20 heavy (non-hydrogen) atoms. The molecule has 0 amide bonds. The molecule has 1 N–H and O–H groups in total. The van der Waals surface area contributed by atoms with Gasteiger partial charge in [0.2, 0.25) is 0 Å². The van der Waals surface area contributed by atoms with E-state index in [9.17, 15) is 0 Å². The molecule has 0 aliphatic carbocycles. The minimum atomic E-state index is 0.724. The SMILES string of the molecule is CCNC1CC2CCCC(C1)N2c1ccc(Br)cc1C. The lowest BCUT2D eigenvalue weighted by Crippen LogP contribution is -2.56. The van der Waals surface area contributed by atoms with Gasteiger partial charge in [-0.1, -0.05) is 22.9 Å². The van der Waals surface area contributed by atoms with Crippen LogP contribution >= 0.6 is 15.9 Å². The van der Waals surface area contributed by atoms with Crippen LogP contribution in [0.3, 0.4) is 0 Å². The second-order valence-electron chi connectivity index (χ2n) is 6.30. The molecule has 1 aromatic carbocycles. The van der Waals surface area contributed by atoms with Crippen molar-refractivity contribution in [2.45, 2.75) is 64.1 Å². The van der Waals surface area contributed by atoms with E-state index in [1.807, 2.05) is 0 Å². The van der Waals surface area contributed by atoms with Crippen LogP contribution in [0.1, 0.15) is 44.6 Å². The number of aryl methyl sites for hydroxylation is 1. The number of hydrogen-bond acceptors (Lipinski definition) is 2. The van der Waals surface area contributed by atoms with Crippen LogP contribution in [0.2, 0.25) is 0 Å². The predicted octanol–water partition coefficient (Wildman–Crippen LogP) is 4.26. The fourth-order valence-electron chi connectivity index (χ4n) is 4.14. The average molecular weight is 337 g/mol. The molecular formula is C17H25BrN2. The van der Waals surface area contributed by atoms with Crippen LogP contribution in [-0.4, -0.2) is 24.7 Å². The van der Waals surface area contributed by atoms with Gasteiger partial charge in [-0.25, -0.2) is 0 Å². The maximum atomic E-state index is 3.67. The van der Waals surface area contributed by atoms with Gasteiger partial charge in [0, 0.05) is 28.3 Å². The van der Waals surface area contributed by atoms with Gasteiger partial charge >= 0.3 is 0 Å². The molecule has 110 valence electrons. The number of fused-ring (bicyclic) bond motifs is 2. The summed E-state index contributed by atoms with van der Waals surface area (Å²) in [6.07, 6.45) is 6.72. The Morgan fingerprint density at radius 1 is 1.25 bits per heavy atom. The lowest BCUT2D eigenvalue weighted by atomic mass is 9.81. The van der Waals surface area contributed by atoms with Crippen molar-refractivity contribution in [3.63, 3.8) is 0 Å². The summed E-state index contributed by atoms with van der Waals surface area (Å²) in [5.41, 5.74) is 2.86. The number of halogens is 1. The number of piperidine rings is 2. The molecular weight excluding hydrogens is 312 g/mol. The van der Waals surface area contributed by atoms with E-state index in [0.717, 1.165) is 24.7 Å². The minimum Gasteiger partial charge on any atom is -0.365 e. The Morgan fingerprint density at radius 2 is 1.95 bits per heavy atom. The van der Waals surface area contributed by atoms with Crippen LogP contribution in [0.4, 0.5) is 5.69 Å². The van der Waals surface area contributed by atoms with Gasteiger partial charge in [-0.2, -0.15) is 0 Å². The van der Waals surface area contributed by atoms with Crippen molar-refractivity contribution in [3.05, 3.63) is 28.2 Å². The van der Waals surface area contributed by atoms with Crippen molar-refractivity contribution in [2.75, 3.05) is 11.4 Å². The van der Waals surface area contributed by atoms with Gasteiger partial charge in [0.1, 0.15) is 0 Å². The number of anilines is 1. The number of hydrogen-bond donors (Lipinski definition) is 1. The Morgan fingerprint density at radius 3 is 2.55 bits per heavy atom. The van der Waals surface area contributed by atoms with Crippen molar-refractivity contribution < 1.29 is 0 Å². The smallest absolute Gasteiger partial charge is 0.0401 e. The Balaban J connectivity index is 1.86. The van der Waals surface area contributed by atoms with Gasteiger partial charge in [-0.3, -0.25) is 0 Å². The predicted molar refractivity (Wildman–Crippen MR) is 89.5 cm³/mol. The van der Waals surface area contributed by atoms with Gasteiger partial charge in [-0.05, 0) is 69.3 Å². The Labute approximate surface area is 131 Å². The normalized spacial score (nSPS) is 29.6. The lowest BCUT2D eigenvalue weighted by molar-refractivity contribution is 0.247. The van der Waals surface area contributed by atoms with E-state index < -0.39 is 0 Å². The Hall–Kier alpha value is -0.540. The molecule has 2 heterocycles. The van der Waals surface area contributed by atoms with Crippen molar-refractivity contribution in [2.24, 2.45) is 0 Å². The summed E-state index contributed by atoms with van der Waals surface area (Å²) < 4.78 is 1.19. The molecule has 2 unspecified atom stereocenters. The van der Waals surface area contributed by atoms with Crippen molar-refractivity contribution in [1.29, 1.82) is 0 Å². The molecule has 2 aliphatic heterocycles. The van der Waals surface area contributed by atoms with E-state index in [0.29, 0.717) is 0 Å². The van der Waals surface area contributed by atoms with Gasteiger partial charge in [0.25, 0.3) is 0 Å². The first-order valence-corrected chi connectivity index (χ1v) is 8.76. The van der Waals surface area contributed by atoms with Crippen LogP contribution in [0.5, 0.6) is 0 Å². The molecule has 1 aromatic rings. The Bertz CT molecular complexity index is 460. The highest BCUT2D eigenvalue weighted by Crippen LogP contribution is 2.39. The molecule has 2 aliphatic rings. The topological polar surface area (TPSA) is 15.3 Å². The van der Waals surface area contributed by atoms with Crippen molar-refractivity contribution in [1.82, 2.24) is 5.32 Å². The Kier molecular flexibility index (Phi) is 4.37. The van der Waals surface area contributed by atoms with Crippen molar-refractivity contribution >= 4 is 21.6 Å².